The fourth-order valence-corrected chi connectivity index (χ4v) is 3.79. The summed E-state index contributed by atoms with van der Waals surface area (Å²) in [4.78, 5) is 23.5. The minimum absolute atomic E-state index is 0.0226. The predicted molar refractivity (Wildman–Crippen MR) is 86.5 cm³/mol. The van der Waals surface area contributed by atoms with Gasteiger partial charge in [-0.1, -0.05) is 12.1 Å². The second-order valence-electron chi connectivity index (χ2n) is 6.27. The number of amides is 3. The van der Waals surface area contributed by atoms with E-state index in [-0.39, 0.29) is 41.4 Å². The summed E-state index contributed by atoms with van der Waals surface area (Å²) in [7, 11) is -3.72. The van der Waals surface area contributed by atoms with Crippen molar-refractivity contribution in [2.24, 2.45) is 5.14 Å². The molecule has 1 aliphatic heterocycles. The zero-order chi connectivity index (χ0) is 17.3. The highest BCUT2D eigenvalue weighted by atomic mass is 32.2. The average molecular weight is 352 g/mol. The Morgan fingerprint density at radius 1 is 1.17 bits per heavy atom. The van der Waals surface area contributed by atoms with Crippen LogP contribution < -0.4 is 21.1 Å². The molecule has 5 N–H and O–H groups in total. The minimum Gasteiger partial charge on any atom is -0.353 e. The van der Waals surface area contributed by atoms with Gasteiger partial charge in [-0.05, 0) is 37.0 Å². The lowest BCUT2D eigenvalue weighted by Crippen LogP contribution is -2.48. The summed E-state index contributed by atoms with van der Waals surface area (Å²) < 4.78 is 22.4. The van der Waals surface area contributed by atoms with Gasteiger partial charge in [-0.3, -0.25) is 4.79 Å². The average Bonchev–Trinajstić information content (AvgIpc) is 2.86. The lowest BCUT2D eigenvalue weighted by Gasteiger charge is -2.31. The van der Waals surface area contributed by atoms with Crippen molar-refractivity contribution in [3.63, 3.8) is 0 Å². The van der Waals surface area contributed by atoms with Crippen molar-refractivity contribution in [1.29, 1.82) is 0 Å². The number of nitrogens with two attached hydrogens (primary N) is 1. The summed E-state index contributed by atoms with van der Waals surface area (Å²) >= 11 is 0. The number of nitrogens with one attached hydrogen (secondary N) is 3. The van der Waals surface area contributed by atoms with Crippen LogP contribution in [0.1, 0.15) is 24.8 Å². The van der Waals surface area contributed by atoms with Gasteiger partial charge in [-0.25, -0.2) is 18.4 Å². The zero-order valence-corrected chi connectivity index (χ0v) is 13.8. The van der Waals surface area contributed by atoms with Gasteiger partial charge in [0.15, 0.2) is 0 Å². The number of hydrogen-bond acceptors (Lipinski definition) is 4. The molecule has 130 valence electrons. The summed E-state index contributed by atoms with van der Waals surface area (Å²) in [5.41, 5.74) is 0.712. The number of sulfonamides is 1. The molecule has 1 heterocycles. The molecule has 0 bridgehead atoms. The fraction of sp³-hybridized carbons (Fsp3) is 0.467. The normalized spacial score (nSPS) is 26.2. The number of carbonyl (C=O) groups excluding carboxylic acids is 2. The molecule has 3 atom stereocenters. The molecule has 3 amide bonds. The van der Waals surface area contributed by atoms with E-state index in [2.05, 4.69) is 16.0 Å². The van der Waals surface area contributed by atoms with E-state index in [1.807, 2.05) is 0 Å². The highest BCUT2D eigenvalue weighted by Crippen LogP contribution is 2.22. The number of hydrogen-bond donors (Lipinski definition) is 4. The van der Waals surface area contributed by atoms with Crippen molar-refractivity contribution >= 4 is 22.0 Å². The molecule has 2 fully saturated rings. The van der Waals surface area contributed by atoms with Crippen LogP contribution in [0.25, 0.3) is 0 Å². The van der Waals surface area contributed by atoms with Gasteiger partial charge in [0, 0.05) is 6.04 Å². The van der Waals surface area contributed by atoms with Crippen molar-refractivity contribution in [2.45, 2.75) is 48.7 Å². The van der Waals surface area contributed by atoms with Crippen LogP contribution >= 0.6 is 0 Å². The van der Waals surface area contributed by atoms with E-state index in [1.165, 1.54) is 12.1 Å². The van der Waals surface area contributed by atoms with E-state index in [0.29, 0.717) is 12.0 Å². The molecule has 0 radical (unpaired) electrons. The predicted octanol–water partition coefficient (Wildman–Crippen LogP) is -0.405. The first-order chi connectivity index (χ1) is 11.3. The second kappa shape index (κ2) is 6.40. The highest BCUT2D eigenvalue weighted by molar-refractivity contribution is 7.89. The third-order valence-electron chi connectivity index (χ3n) is 4.46. The Balaban J connectivity index is 1.53. The molecule has 2 aliphatic rings. The molecule has 1 saturated heterocycles. The van der Waals surface area contributed by atoms with Crippen LogP contribution in [0, 0.1) is 0 Å². The monoisotopic (exact) mass is 352 g/mol. The van der Waals surface area contributed by atoms with Crippen LogP contribution in [0.4, 0.5) is 4.79 Å². The van der Waals surface area contributed by atoms with Crippen LogP contribution in [0.2, 0.25) is 0 Å². The van der Waals surface area contributed by atoms with Gasteiger partial charge in [0.1, 0.15) is 0 Å². The molecular formula is C15H20N4O4S. The zero-order valence-electron chi connectivity index (χ0n) is 13.0. The maximum absolute atomic E-state index is 12.2. The second-order valence-corrected chi connectivity index (χ2v) is 7.84. The number of benzene rings is 1. The first-order valence-electron chi connectivity index (χ1n) is 7.79. The van der Waals surface area contributed by atoms with Crippen molar-refractivity contribution < 1.29 is 18.0 Å². The quantitative estimate of drug-likeness (QED) is 0.587. The lowest BCUT2D eigenvalue weighted by molar-refractivity contribution is -0.121. The molecule has 1 aromatic rings. The number of rotatable bonds is 4. The Bertz CT molecular complexity index is 747. The van der Waals surface area contributed by atoms with Crippen LogP contribution in [-0.2, 0) is 21.2 Å². The number of fused-ring (bicyclic) bond motifs is 1. The van der Waals surface area contributed by atoms with Gasteiger partial charge >= 0.3 is 6.03 Å². The lowest BCUT2D eigenvalue weighted by atomic mass is 9.88. The molecule has 1 saturated carbocycles. The molecule has 8 nitrogen and oxygen atoms in total. The molecule has 3 rings (SSSR count). The summed E-state index contributed by atoms with van der Waals surface area (Å²) in [6.07, 6.45) is 2.52. The SMILES string of the molecule is NS(=O)(=O)c1ccc(CC(=O)NC2CCC3NC(=O)NC3C2)cc1. The van der Waals surface area contributed by atoms with Crippen molar-refractivity contribution in [3.05, 3.63) is 29.8 Å². The maximum atomic E-state index is 12.2. The molecule has 1 aliphatic carbocycles. The van der Waals surface area contributed by atoms with Crippen LogP contribution in [-0.4, -0.2) is 38.5 Å². The van der Waals surface area contributed by atoms with Crippen LogP contribution in [0.3, 0.4) is 0 Å². The molecule has 24 heavy (non-hydrogen) atoms. The summed E-state index contributed by atoms with van der Waals surface area (Å²) in [5, 5.41) is 13.7. The maximum Gasteiger partial charge on any atom is 0.315 e. The molecule has 0 aromatic heterocycles. The largest absolute Gasteiger partial charge is 0.353 e. The van der Waals surface area contributed by atoms with E-state index in [4.69, 9.17) is 5.14 Å². The topological polar surface area (TPSA) is 130 Å². The van der Waals surface area contributed by atoms with Crippen LogP contribution in [0.15, 0.2) is 29.2 Å². The molecule has 3 unspecified atom stereocenters. The highest BCUT2D eigenvalue weighted by Gasteiger charge is 2.37. The van der Waals surface area contributed by atoms with Crippen molar-refractivity contribution in [2.75, 3.05) is 0 Å². The Labute approximate surface area is 140 Å². The van der Waals surface area contributed by atoms with Gasteiger partial charge in [-0.2, -0.15) is 0 Å². The Morgan fingerprint density at radius 3 is 2.50 bits per heavy atom. The van der Waals surface area contributed by atoms with E-state index in [1.54, 1.807) is 12.1 Å². The van der Waals surface area contributed by atoms with Gasteiger partial charge in [0.05, 0.1) is 23.4 Å². The van der Waals surface area contributed by atoms with Crippen molar-refractivity contribution in [1.82, 2.24) is 16.0 Å². The van der Waals surface area contributed by atoms with E-state index in [0.717, 1.165) is 12.8 Å². The summed E-state index contributed by atoms with van der Waals surface area (Å²) in [6.45, 7) is 0. The third kappa shape index (κ3) is 3.85. The van der Waals surface area contributed by atoms with Crippen molar-refractivity contribution in [3.8, 4) is 0 Å². The van der Waals surface area contributed by atoms with Crippen LogP contribution in [0.5, 0.6) is 0 Å². The first-order valence-corrected chi connectivity index (χ1v) is 9.34. The van der Waals surface area contributed by atoms with Gasteiger partial charge in [0.25, 0.3) is 0 Å². The summed E-state index contributed by atoms with van der Waals surface area (Å²) in [6, 6.07) is 6.04. The van der Waals surface area contributed by atoms with Gasteiger partial charge < -0.3 is 16.0 Å². The smallest absolute Gasteiger partial charge is 0.315 e. The van der Waals surface area contributed by atoms with E-state index < -0.39 is 10.0 Å². The fourth-order valence-electron chi connectivity index (χ4n) is 3.27. The number of urea groups is 1. The Morgan fingerprint density at radius 2 is 1.83 bits per heavy atom. The number of primary sulfonamides is 1. The molecular weight excluding hydrogens is 332 g/mol. The van der Waals surface area contributed by atoms with Gasteiger partial charge in [-0.15, -0.1) is 0 Å². The summed E-state index contributed by atoms with van der Waals surface area (Å²) in [5.74, 6) is -0.126. The molecule has 0 spiro atoms. The third-order valence-corrected chi connectivity index (χ3v) is 5.39. The Kier molecular flexibility index (Phi) is 4.46. The van der Waals surface area contributed by atoms with Gasteiger partial charge in [0.2, 0.25) is 15.9 Å². The standard InChI is InChI=1S/C15H20N4O4S/c16-24(22,23)11-4-1-9(2-5-11)7-14(20)17-10-3-6-12-13(8-10)19-15(21)18-12/h1-2,4-5,10,12-13H,3,6-8H2,(H,17,20)(H2,16,22,23)(H2,18,19,21). The Hall–Kier alpha value is -2.13. The van der Waals surface area contributed by atoms with E-state index >= 15 is 0 Å². The van der Waals surface area contributed by atoms with E-state index in [9.17, 15) is 18.0 Å². The number of carbonyl (C=O) groups is 2. The molecule has 9 heteroatoms. The minimum atomic E-state index is -3.72. The first kappa shape index (κ1) is 16.7. The molecule has 1 aromatic carbocycles.